The Morgan fingerprint density at radius 2 is 1.69 bits per heavy atom. The van der Waals surface area contributed by atoms with Crippen LogP contribution in [0.1, 0.15) is 46.3 Å². The summed E-state index contributed by atoms with van der Waals surface area (Å²) in [7, 11) is 0. The molecule has 3 aromatic carbocycles. The molecule has 0 radical (unpaired) electrons. The Morgan fingerprint density at radius 1 is 1.03 bits per heavy atom. The molecule has 5 rings (SSSR count). The second-order valence-corrected chi connectivity index (χ2v) is 8.82. The van der Waals surface area contributed by atoms with Gasteiger partial charge in [-0.25, -0.2) is 9.59 Å². The summed E-state index contributed by atoms with van der Waals surface area (Å²) in [4.78, 5) is 38.8. The van der Waals surface area contributed by atoms with Crippen molar-refractivity contribution < 1.29 is 24.2 Å². The highest BCUT2D eigenvalue weighted by atomic mass is 16.5. The topological polar surface area (TPSA) is 95.9 Å². The molecule has 178 valence electrons. The van der Waals surface area contributed by atoms with Gasteiger partial charge in [-0.2, -0.15) is 0 Å². The van der Waals surface area contributed by atoms with E-state index in [9.17, 15) is 19.5 Å². The van der Waals surface area contributed by atoms with Crippen LogP contribution in [0.15, 0.2) is 66.7 Å². The first kappa shape index (κ1) is 22.7. The quantitative estimate of drug-likeness (QED) is 0.549. The highest BCUT2D eigenvalue weighted by Crippen LogP contribution is 2.44. The number of amides is 2. The largest absolute Gasteiger partial charge is 0.478 e. The van der Waals surface area contributed by atoms with Gasteiger partial charge >= 0.3 is 12.1 Å². The molecule has 1 unspecified atom stereocenters. The van der Waals surface area contributed by atoms with E-state index in [1.807, 2.05) is 31.2 Å². The number of carboxylic acid groups (broad SMARTS) is 1. The van der Waals surface area contributed by atoms with Crippen LogP contribution < -0.4 is 10.2 Å². The molecule has 2 amide bonds. The number of nitrogens with one attached hydrogen (secondary N) is 1. The zero-order valence-corrected chi connectivity index (χ0v) is 19.4. The van der Waals surface area contributed by atoms with Gasteiger partial charge in [-0.3, -0.25) is 4.79 Å². The van der Waals surface area contributed by atoms with Crippen molar-refractivity contribution in [1.29, 1.82) is 0 Å². The summed E-state index contributed by atoms with van der Waals surface area (Å²) in [6.07, 6.45) is 0.346. The summed E-state index contributed by atoms with van der Waals surface area (Å²) in [5, 5.41) is 11.9. The van der Waals surface area contributed by atoms with Crippen LogP contribution in [0.3, 0.4) is 0 Å². The fourth-order valence-electron chi connectivity index (χ4n) is 5.07. The predicted molar refractivity (Wildman–Crippen MR) is 132 cm³/mol. The van der Waals surface area contributed by atoms with Gasteiger partial charge in [0, 0.05) is 18.2 Å². The van der Waals surface area contributed by atoms with Gasteiger partial charge < -0.3 is 20.1 Å². The molecule has 0 aromatic heterocycles. The number of rotatable bonds is 6. The number of benzene rings is 3. The van der Waals surface area contributed by atoms with Gasteiger partial charge in [0.15, 0.2) is 0 Å². The van der Waals surface area contributed by atoms with E-state index in [4.69, 9.17) is 4.74 Å². The summed E-state index contributed by atoms with van der Waals surface area (Å²) < 4.78 is 5.61. The maximum absolute atomic E-state index is 13.2. The molecule has 0 bridgehead atoms. The van der Waals surface area contributed by atoms with Gasteiger partial charge in [-0.1, -0.05) is 55.5 Å². The lowest BCUT2D eigenvalue weighted by Gasteiger charge is -2.24. The van der Waals surface area contributed by atoms with Crippen LogP contribution in [0, 0.1) is 0 Å². The maximum atomic E-state index is 13.2. The Morgan fingerprint density at radius 3 is 2.31 bits per heavy atom. The Labute approximate surface area is 203 Å². The number of hydrogen-bond donors (Lipinski definition) is 2. The van der Waals surface area contributed by atoms with Crippen LogP contribution in [0.25, 0.3) is 11.1 Å². The van der Waals surface area contributed by atoms with Crippen molar-refractivity contribution in [3.8, 4) is 11.1 Å². The van der Waals surface area contributed by atoms with Crippen molar-refractivity contribution >= 4 is 23.7 Å². The van der Waals surface area contributed by atoms with Crippen molar-refractivity contribution in [3.63, 3.8) is 0 Å². The molecule has 1 heterocycles. The van der Waals surface area contributed by atoms with Crippen LogP contribution in [0.4, 0.5) is 10.5 Å². The Kier molecular flexibility index (Phi) is 5.99. The standard InChI is InChI=1S/C28H26N2O5/c1-2-24(26(31)30-14-13-17-15-18(27(32)33)11-12-25(17)30)29-28(34)35-16-23-21-9-5-3-7-19(21)20-8-4-6-10-22(20)23/h3-12,15,23-24H,2,13-14,16H2,1H3,(H,29,34)(H,32,33). The molecule has 1 atom stereocenters. The smallest absolute Gasteiger partial charge is 0.407 e. The fourth-order valence-corrected chi connectivity index (χ4v) is 5.07. The van der Waals surface area contributed by atoms with E-state index < -0.39 is 18.1 Å². The van der Waals surface area contributed by atoms with Gasteiger partial charge in [0.1, 0.15) is 12.6 Å². The number of carboxylic acids is 1. The fraction of sp³-hybridized carbons (Fsp3) is 0.250. The number of fused-ring (bicyclic) bond motifs is 4. The monoisotopic (exact) mass is 470 g/mol. The average Bonchev–Trinajstić information content (AvgIpc) is 3.44. The van der Waals surface area contributed by atoms with Gasteiger partial charge in [-0.15, -0.1) is 0 Å². The maximum Gasteiger partial charge on any atom is 0.407 e. The van der Waals surface area contributed by atoms with Crippen LogP contribution in [-0.4, -0.2) is 42.3 Å². The zero-order chi connectivity index (χ0) is 24.5. The lowest BCUT2D eigenvalue weighted by Crippen LogP contribution is -2.48. The van der Waals surface area contributed by atoms with Gasteiger partial charge in [0.05, 0.1) is 5.56 Å². The molecule has 0 saturated heterocycles. The molecule has 7 heteroatoms. The van der Waals surface area contributed by atoms with Crippen LogP contribution >= 0.6 is 0 Å². The lowest BCUT2D eigenvalue weighted by atomic mass is 9.98. The minimum atomic E-state index is -0.999. The van der Waals surface area contributed by atoms with E-state index in [1.54, 1.807) is 17.0 Å². The number of nitrogens with zero attached hydrogens (tertiary/aromatic N) is 1. The Bertz CT molecular complexity index is 1270. The summed E-state index contributed by atoms with van der Waals surface area (Å²) in [5.74, 6) is -1.29. The number of hydrogen-bond acceptors (Lipinski definition) is 4. The van der Waals surface area contributed by atoms with E-state index in [0.717, 1.165) is 27.8 Å². The molecule has 1 aliphatic carbocycles. The number of aromatic carboxylic acids is 1. The van der Waals surface area contributed by atoms with E-state index >= 15 is 0 Å². The molecule has 0 saturated carbocycles. The zero-order valence-electron chi connectivity index (χ0n) is 19.4. The number of anilines is 1. The number of ether oxygens (including phenoxy) is 1. The molecule has 0 fully saturated rings. The average molecular weight is 471 g/mol. The van der Waals surface area contributed by atoms with Crippen LogP contribution in [0.5, 0.6) is 0 Å². The van der Waals surface area contributed by atoms with Crippen molar-refractivity contribution in [2.24, 2.45) is 0 Å². The first-order valence-electron chi connectivity index (χ1n) is 11.8. The van der Waals surface area contributed by atoms with Crippen molar-refractivity contribution in [1.82, 2.24) is 5.32 Å². The molecule has 1 aliphatic heterocycles. The van der Waals surface area contributed by atoms with Gasteiger partial charge in [-0.05, 0) is 58.9 Å². The molecule has 7 nitrogen and oxygen atoms in total. The van der Waals surface area contributed by atoms with Crippen molar-refractivity contribution in [3.05, 3.63) is 89.0 Å². The normalized spacial score (nSPS) is 14.6. The number of carbonyl (C=O) groups excluding carboxylic acids is 2. The van der Waals surface area contributed by atoms with Crippen molar-refractivity contribution in [2.75, 3.05) is 18.1 Å². The molecule has 2 aliphatic rings. The molecule has 3 aromatic rings. The van der Waals surface area contributed by atoms with E-state index in [1.165, 1.54) is 6.07 Å². The highest BCUT2D eigenvalue weighted by molar-refractivity contribution is 6.01. The van der Waals surface area contributed by atoms with Crippen LogP contribution in [-0.2, 0) is 16.0 Å². The highest BCUT2D eigenvalue weighted by Gasteiger charge is 2.32. The van der Waals surface area contributed by atoms with Crippen LogP contribution in [0.2, 0.25) is 0 Å². The molecular weight excluding hydrogens is 444 g/mol. The summed E-state index contributed by atoms with van der Waals surface area (Å²) in [6, 6.07) is 20.2. The summed E-state index contributed by atoms with van der Waals surface area (Å²) in [5.41, 5.74) is 6.25. The molecule has 35 heavy (non-hydrogen) atoms. The SMILES string of the molecule is CCC(NC(=O)OCC1c2ccccc2-c2ccccc21)C(=O)N1CCc2cc(C(=O)O)ccc21. The third-order valence-corrected chi connectivity index (χ3v) is 6.83. The number of alkyl carbamates (subject to hydrolysis) is 1. The second-order valence-electron chi connectivity index (χ2n) is 8.82. The molecule has 0 spiro atoms. The molecular formula is C28H26N2O5. The minimum absolute atomic E-state index is 0.0576. The van der Waals surface area contributed by atoms with Crippen molar-refractivity contribution in [2.45, 2.75) is 31.7 Å². The first-order valence-corrected chi connectivity index (χ1v) is 11.8. The van der Waals surface area contributed by atoms with Gasteiger partial charge in [0.2, 0.25) is 5.91 Å². The lowest BCUT2D eigenvalue weighted by molar-refractivity contribution is -0.120. The number of carbonyl (C=O) groups is 3. The van der Waals surface area contributed by atoms with E-state index in [2.05, 4.69) is 29.6 Å². The first-order chi connectivity index (χ1) is 17.0. The van der Waals surface area contributed by atoms with E-state index in [0.29, 0.717) is 25.1 Å². The predicted octanol–water partition coefficient (Wildman–Crippen LogP) is 4.59. The third-order valence-electron chi connectivity index (χ3n) is 6.83. The third kappa shape index (κ3) is 4.14. The Hall–Kier alpha value is -4.13. The summed E-state index contributed by atoms with van der Waals surface area (Å²) in [6.45, 7) is 2.45. The second kappa shape index (κ2) is 9.25. The molecule has 2 N–H and O–H groups in total. The summed E-state index contributed by atoms with van der Waals surface area (Å²) >= 11 is 0. The van der Waals surface area contributed by atoms with E-state index in [-0.39, 0.29) is 24.0 Å². The van der Waals surface area contributed by atoms with Gasteiger partial charge in [0.25, 0.3) is 0 Å². The Balaban J connectivity index is 1.25. The minimum Gasteiger partial charge on any atom is -0.478 e.